The van der Waals surface area contributed by atoms with Crippen molar-refractivity contribution in [3.8, 4) is 0 Å². The molecule has 1 aromatic heterocycles. The average molecular weight is 295 g/mol. The van der Waals surface area contributed by atoms with Crippen molar-refractivity contribution >= 4 is 17.5 Å². The Kier molecular flexibility index (Phi) is 3.63. The van der Waals surface area contributed by atoms with Crippen molar-refractivity contribution in [2.75, 3.05) is 11.4 Å². The van der Waals surface area contributed by atoms with Crippen LogP contribution in [0.3, 0.4) is 0 Å². The summed E-state index contributed by atoms with van der Waals surface area (Å²) in [5.74, 6) is -0.557. The molecule has 1 aliphatic rings. The van der Waals surface area contributed by atoms with Crippen molar-refractivity contribution in [2.45, 2.75) is 19.8 Å². The second kappa shape index (κ2) is 5.60. The lowest BCUT2D eigenvalue weighted by Crippen LogP contribution is -2.36. The van der Waals surface area contributed by atoms with E-state index in [1.807, 2.05) is 19.1 Å². The molecule has 0 atom stereocenters. The maximum absolute atomic E-state index is 12.7. The van der Waals surface area contributed by atoms with Crippen molar-refractivity contribution < 1.29 is 9.59 Å². The smallest absolute Gasteiger partial charge is 0.259 e. The number of hydrogen-bond acceptors (Lipinski definition) is 3. The second-order valence-electron chi connectivity index (χ2n) is 5.42. The first-order valence-corrected chi connectivity index (χ1v) is 7.24. The van der Waals surface area contributed by atoms with Gasteiger partial charge in [-0.05, 0) is 49.6 Å². The molecule has 2 aromatic rings. The molecule has 5 nitrogen and oxygen atoms in total. The van der Waals surface area contributed by atoms with E-state index >= 15 is 0 Å². The number of carbonyl (C=O) groups is 2. The number of aryl methyl sites for hydroxylation is 1. The van der Waals surface area contributed by atoms with Crippen molar-refractivity contribution in [2.24, 2.45) is 5.73 Å². The molecule has 2 N–H and O–H groups in total. The van der Waals surface area contributed by atoms with Gasteiger partial charge < -0.3 is 10.6 Å². The van der Waals surface area contributed by atoms with Gasteiger partial charge in [-0.15, -0.1) is 0 Å². The quantitative estimate of drug-likeness (QED) is 0.921. The van der Waals surface area contributed by atoms with E-state index in [0.29, 0.717) is 17.7 Å². The van der Waals surface area contributed by atoms with Crippen molar-refractivity contribution in [3.05, 3.63) is 58.9 Å². The standard InChI is InChI=1S/C17H17N3O2/c1-11-7-8-12(10-19-11)17(22)20-9-3-5-13-14(16(18)21)4-2-6-15(13)20/h2,4,6-8,10H,3,5,9H2,1H3,(H2,18,21). The Balaban J connectivity index is 2.01. The highest BCUT2D eigenvalue weighted by Crippen LogP contribution is 2.30. The molecule has 0 unspecified atom stereocenters. The summed E-state index contributed by atoms with van der Waals surface area (Å²) in [6.07, 6.45) is 3.15. The predicted molar refractivity (Wildman–Crippen MR) is 83.9 cm³/mol. The van der Waals surface area contributed by atoms with E-state index in [0.717, 1.165) is 29.8 Å². The number of pyridine rings is 1. The lowest BCUT2D eigenvalue weighted by molar-refractivity contribution is 0.0977. The first-order chi connectivity index (χ1) is 10.6. The number of carbonyl (C=O) groups excluding carboxylic acids is 2. The van der Waals surface area contributed by atoms with Crippen LogP contribution in [0, 0.1) is 6.92 Å². The van der Waals surface area contributed by atoms with Crippen LogP contribution in [0.5, 0.6) is 0 Å². The molecule has 2 heterocycles. The van der Waals surface area contributed by atoms with E-state index in [9.17, 15) is 9.59 Å². The number of anilines is 1. The van der Waals surface area contributed by atoms with Gasteiger partial charge in [0.1, 0.15) is 0 Å². The third-order valence-electron chi connectivity index (χ3n) is 3.92. The van der Waals surface area contributed by atoms with Gasteiger partial charge >= 0.3 is 0 Å². The minimum atomic E-state index is -0.455. The topological polar surface area (TPSA) is 76.3 Å². The minimum absolute atomic E-state index is 0.102. The van der Waals surface area contributed by atoms with Crippen LogP contribution in [0.15, 0.2) is 36.5 Å². The molecule has 1 aliphatic heterocycles. The van der Waals surface area contributed by atoms with Crippen LogP contribution < -0.4 is 10.6 Å². The van der Waals surface area contributed by atoms with E-state index in [1.165, 1.54) is 0 Å². The first-order valence-electron chi connectivity index (χ1n) is 7.24. The Hall–Kier alpha value is -2.69. The maximum Gasteiger partial charge on any atom is 0.259 e. The third-order valence-corrected chi connectivity index (χ3v) is 3.92. The van der Waals surface area contributed by atoms with E-state index in [-0.39, 0.29) is 5.91 Å². The molecular formula is C17H17N3O2. The molecule has 0 radical (unpaired) electrons. The van der Waals surface area contributed by atoms with Crippen LogP contribution in [0.1, 0.15) is 38.4 Å². The normalized spacial score (nSPS) is 13.6. The first kappa shape index (κ1) is 14.3. The molecule has 5 heteroatoms. The van der Waals surface area contributed by atoms with Gasteiger partial charge in [0, 0.05) is 29.7 Å². The summed E-state index contributed by atoms with van der Waals surface area (Å²) < 4.78 is 0. The van der Waals surface area contributed by atoms with Crippen molar-refractivity contribution in [1.29, 1.82) is 0 Å². The number of aromatic nitrogens is 1. The van der Waals surface area contributed by atoms with Gasteiger partial charge in [0.05, 0.1) is 5.56 Å². The summed E-state index contributed by atoms with van der Waals surface area (Å²) >= 11 is 0. The lowest BCUT2D eigenvalue weighted by atomic mass is 9.95. The van der Waals surface area contributed by atoms with Crippen LogP contribution in [-0.2, 0) is 6.42 Å². The minimum Gasteiger partial charge on any atom is -0.366 e. The number of amides is 2. The molecular weight excluding hydrogens is 278 g/mol. The molecule has 2 amide bonds. The number of primary amides is 1. The van der Waals surface area contributed by atoms with Crippen LogP contribution in [0.25, 0.3) is 0 Å². The van der Waals surface area contributed by atoms with Crippen LogP contribution in [0.2, 0.25) is 0 Å². The van der Waals surface area contributed by atoms with Crippen molar-refractivity contribution in [3.63, 3.8) is 0 Å². The lowest BCUT2D eigenvalue weighted by Gasteiger charge is -2.30. The number of benzene rings is 1. The van der Waals surface area contributed by atoms with Gasteiger partial charge in [-0.3, -0.25) is 14.6 Å². The fraction of sp³-hybridized carbons (Fsp3) is 0.235. The van der Waals surface area contributed by atoms with E-state index < -0.39 is 5.91 Å². The zero-order valence-corrected chi connectivity index (χ0v) is 12.4. The number of hydrogen-bond donors (Lipinski definition) is 1. The van der Waals surface area contributed by atoms with E-state index in [4.69, 9.17) is 5.73 Å². The van der Waals surface area contributed by atoms with Crippen LogP contribution in [0.4, 0.5) is 5.69 Å². The van der Waals surface area contributed by atoms with Gasteiger partial charge in [0.15, 0.2) is 0 Å². The molecule has 0 saturated carbocycles. The Morgan fingerprint density at radius 1 is 1.23 bits per heavy atom. The highest BCUT2D eigenvalue weighted by atomic mass is 16.2. The monoisotopic (exact) mass is 295 g/mol. The van der Waals surface area contributed by atoms with E-state index in [2.05, 4.69) is 4.98 Å². The molecule has 3 rings (SSSR count). The van der Waals surface area contributed by atoms with Crippen molar-refractivity contribution in [1.82, 2.24) is 4.98 Å². The highest BCUT2D eigenvalue weighted by molar-refractivity contribution is 6.07. The fourth-order valence-electron chi connectivity index (χ4n) is 2.82. The van der Waals surface area contributed by atoms with Crippen LogP contribution in [-0.4, -0.2) is 23.3 Å². The highest BCUT2D eigenvalue weighted by Gasteiger charge is 2.26. The van der Waals surface area contributed by atoms with Crippen LogP contribution >= 0.6 is 0 Å². The molecule has 112 valence electrons. The Morgan fingerprint density at radius 2 is 2.05 bits per heavy atom. The maximum atomic E-state index is 12.7. The molecule has 0 spiro atoms. The van der Waals surface area contributed by atoms with E-state index in [1.54, 1.807) is 29.3 Å². The number of nitrogens with zero attached hydrogens (tertiary/aromatic N) is 2. The van der Waals surface area contributed by atoms with Gasteiger partial charge in [0.2, 0.25) is 5.91 Å². The molecule has 1 aromatic carbocycles. The summed E-state index contributed by atoms with van der Waals surface area (Å²) in [6, 6.07) is 8.93. The van der Waals surface area contributed by atoms with Gasteiger partial charge in [-0.1, -0.05) is 6.07 Å². The van der Waals surface area contributed by atoms with Gasteiger partial charge in [-0.2, -0.15) is 0 Å². The van der Waals surface area contributed by atoms with Gasteiger partial charge in [-0.25, -0.2) is 0 Å². The summed E-state index contributed by atoms with van der Waals surface area (Å²) in [4.78, 5) is 30.2. The Bertz CT molecular complexity index is 738. The zero-order chi connectivity index (χ0) is 15.7. The zero-order valence-electron chi connectivity index (χ0n) is 12.4. The summed E-state index contributed by atoms with van der Waals surface area (Å²) in [6.45, 7) is 2.51. The third kappa shape index (κ3) is 2.45. The molecule has 0 saturated heterocycles. The largest absolute Gasteiger partial charge is 0.366 e. The summed E-state index contributed by atoms with van der Waals surface area (Å²) in [7, 11) is 0. The predicted octanol–water partition coefficient (Wildman–Crippen LogP) is 2.08. The SMILES string of the molecule is Cc1ccc(C(=O)N2CCCc3c(C(N)=O)cccc32)cn1. The molecule has 0 bridgehead atoms. The Morgan fingerprint density at radius 3 is 2.73 bits per heavy atom. The summed E-state index contributed by atoms with van der Waals surface area (Å²) in [5.41, 5.74) is 8.97. The second-order valence-corrected chi connectivity index (χ2v) is 5.42. The summed E-state index contributed by atoms with van der Waals surface area (Å²) in [5, 5.41) is 0. The Labute approximate surface area is 128 Å². The average Bonchev–Trinajstić information content (AvgIpc) is 2.53. The number of nitrogens with two attached hydrogens (primary N) is 1. The molecule has 0 aliphatic carbocycles. The number of fused-ring (bicyclic) bond motifs is 1. The molecule has 0 fully saturated rings. The molecule has 22 heavy (non-hydrogen) atoms. The fourth-order valence-corrected chi connectivity index (χ4v) is 2.82. The van der Waals surface area contributed by atoms with Gasteiger partial charge in [0.25, 0.3) is 5.91 Å². The number of rotatable bonds is 2.